The second-order valence-corrected chi connectivity index (χ2v) is 6.20. The minimum absolute atomic E-state index is 0.113. The molecule has 2 N–H and O–H groups in total. The van der Waals surface area contributed by atoms with Gasteiger partial charge in [0.2, 0.25) is 0 Å². The summed E-state index contributed by atoms with van der Waals surface area (Å²) in [5, 5.41) is 8.61. The van der Waals surface area contributed by atoms with Gasteiger partial charge in [0, 0.05) is 18.3 Å². The van der Waals surface area contributed by atoms with Crippen molar-refractivity contribution in [3.8, 4) is 5.75 Å². The summed E-state index contributed by atoms with van der Waals surface area (Å²) in [6, 6.07) is 15.4. The van der Waals surface area contributed by atoms with Crippen LogP contribution in [0.5, 0.6) is 5.75 Å². The molecule has 0 saturated carbocycles. The molecule has 152 valence electrons. The van der Waals surface area contributed by atoms with Crippen LogP contribution >= 0.6 is 0 Å². The van der Waals surface area contributed by atoms with Crippen molar-refractivity contribution in [3.05, 3.63) is 60.2 Å². The first-order chi connectivity index (χ1) is 13.7. The average Bonchev–Trinajstić information content (AvgIpc) is 2.69. The first kappa shape index (κ1) is 20.2. The van der Waals surface area contributed by atoms with Gasteiger partial charge < -0.3 is 4.74 Å². The molecule has 0 saturated heterocycles. The van der Waals surface area contributed by atoms with Crippen molar-refractivity contribution in [1.82, 2.24) is 10.4 Å². The first-order valence-corrected chi connectivity index (χ1v) is 8.57. The number of carbonyl (C=O) groups excluding carboxylic acids is 1. The lowest BCUT2D eigenvalue weighted by atomic mass is 10.2. The molecule has 2 aromatic carbocycles. The van der Waals surface area contributed by atoms with Crippen LogP contribution in [0.25, 0.3) is 0 Å². The Bertz CT molecular complexity index is 931. The molecular weight excluding hydrogens is 387 g/mol. The number of nitrogens with one attached hydrogen (secondary N) is 2. The molecule has 0 radical (unpaired) electrons. The number of anilines is 1. The number of ether oxygens (including phenoxy) is 1. The third kappa shape index (κ3) is 5.24. The van der Waals surface area contributed by atoms with Crippen LogP contribution in [0.1, 0.15) is 5.56 Å². The van der Waals surface area contributed by atoms with E-state index in [1.165, 1.54) is 11.0 Å². The summed E-state index contributed by atoms with van der Waals surface area (Å²) < 4.78 is 43.5. The molecule has 1 aliphatic rings. The maximum Gasteiger partial charge on any atom is 0.408 e. The van der Waals surface area contributed by atoms with Crippen molar-refractivity contribution in [2.45, 2.75) is 6.18 Å². The minimum Gasteiger partial charge on any atom is -0.426 e. The zero-order valence-corrected chi connectivity index (χ0v) is 15.4. The summed E-state index contributed by atoms with van der Waals surface area (Å²) in [5.74, 6) is -0.356. The largest absolute Gasteiger partial charge is 0.426 e. The van der Waals surface area contributed by atoms with E-state index in [-0.39, 0.29) is 11.9 Å². The fourth-order valence-corrected chi connectivity index (χ4v) is 2.58. The summed E-state index contributed by atoms with van der Waals surface area (Å²) in [6.45, 7) is -1.82. The zero-order valence-electron chi connectivity index (χ0n) is 15.4. The number of hydrogen-bond donors (Lipinski definition) is 2. The summed E-state index contributed by atoms with van der Waals surface area (Å²) in [4.78, 5) is 17.2. The summed E-state index contributed by atoms with van der Waals surface area (Å²) in [6.07, 6.45) is -4.53. The van der Waals surface area contributed by atoms with E-state index >= 15 is 0 Å². The fourth-order valence-electron chi connectivity index (χ4n) is 2.58. The Morgan fingerprint density at radius 3 is 2.66 bits per heavy atom. The van der Waals surface area contributed by atoms with Gasteiger partial charge in [-0.3, -0.25) is 25.5 Å². The van der Waals surface area contributed by atoms with E-state index in [1.54, 1.807) is 25.2 Å². The lowest BCUT2D eigenvalue weighted by Gasteiger charge is -2.29. The van der Waals surface area contributed by atoms with Gasteiger partial charge in [-0.25, -0.2) is 5.01 Å². The van der Waals surface area contributed by atoms with Crippen molar-refractivity contribution in [2.75, 3.05) is 25.0 Å². The summed E-state index contributed by atoms with van der Waals surface area (Å²) in [7, 11) is 1.68. The van der Waals surface area contributed by atoms with Gasteiger partial charge in [0.1, 0.15) is 24.7 Å². The van der Waals surface area contributed by atoms with Crippen LogP contribution in [0.3, 0.4) is 0 Å². The van der Waals surface area contributed by atoms with Crippen molar-refractivity contribution >= 4 is 23.5 Å². The van der Waals surface area contributed by atoms with Crippen molar-refractivity contribution in [2.24, 2.45) is 4.99 Å². The third-order valence-electron chi connectivity index (χ3n) is 4.02. The Labute approximate surface area is 164 Å². The maximum absolute atomic E-state index is 12.6. The highest BCUT2D eigenvalue weighted by Crippen LogP contribution is 2.20. The molecule has 10 heteroatoms. The van der Waals surface area contributed by atoms with Gasteiger partial charge in [-0.2, -0.15) is 13.2 Å². The number of carbonyl (C=O) groups is 1. The number of para-hydroxylation sites is 1. The lowest BCUT2D eigenvalue weighted by molar-refractivity contribution is -0.164. The molecule has 1 heterocycles. The second-order valence-electron chi connectivity index (χ2n) is 6.20. The summed E-state index contributed by atoms with van der Waals surface area (Å²) in [5.41, 5.74) is 3.59. The van der Waals surface area contributed by atoms with Gasteiger partial charge in [0.25, 0.3) is 11.9 Å². The zero-order chi connectivity index (χ0) is 21.0. The third-order valence-corrected chi connectivity index (χ3v) is 4.02. The number of amides is 1. The van der Waals surface area contributed by atoms with Gasteiger partial charge >= 0.3 is 6.18 Å². The van der Waals surface area contributed by atoms with Gasteiger partial charge in [-0.1, -0.05) is 30.3 Å². The monoisotopic (exact) mass is 405 g/mol. The van der Waals surface area contributed by atoms with Gasteiger partial charge in [-0.05, 0) is 24.3 Å². The minimum atomic E-state index is -4.53. The molecule has 0 atom stereocenters. The van der Waals surface area contributed by atoms with Crippen LogP contribution in [0, 0.1) is 5.41 Å². The molecule has 0 spiro atoms. The Morgan fingerprint density at radius 1 is 1.24 bits per heavy atom. The molecule has 0 bridgehead atoms. The van der Waals surface area contributed by atoms with E-state index in [1.807, 2.05) is 30.3 Å². The number of halogens is 3. The second kappa shape index (κ2) is 8.21. The van der Waals surface area contributed by atoms with Crippen molar-refractivity contribution in [3.63, 3.8) is 0 Å². The first-order valence-electron chi connectivity index (χ1n) is 8.57. The van der Waals surface area contributed by atoms with Crippen LogP contribution in [0.4, 0.5) is 18.9 Å². The maximum atomic E-state index is 12.6. The summed E-state index contributed by atoms with van der Waals surface area (Å²) >= 11 is 0. The number of alkyl halides is 3. The normalized spacial score (nSPS) is 14.1. The number of hydrogen-bond acceptors (Lipinski definition) is 5. The van der Waals surface area contributed by atoms with Crippen molar-refractivity contribution < 1.29 is 22.7 Å². The van der Waals surface area contributed by atoms with E-state index in [0.717, 1.165) is 5.69 Å². The highest BCUT2D eigenvalue weighted by molar-refractivity contribution is 6.03. The Kier molecular flexibility index (Phi) is 5.71. The molecule has 0 fully saturated rings. The van der Waals surface area contributed by atoms with Crippen molar-refractivity contribution in [1.29, 1.82) is 5.41 Å². The molecule has 1 aliphatic heterocycles. The molecule has 0 aliphatic carbocycles. The standard InChI is InChI=1S/C19H18F3N5O2/c1-26(14-7-3-2-4-8-14)18(23)29-15-9-5-6-13(10-15)17-24-11-16(28)27(25-17)12-19(20,21)22/h2-10,23H,11-12H2,1H3,(H,24,25). The van der Waals surface area contributed by atoms with Crippen LogP contribution in [0.15, 0.2) is 59.6 Å². The molecule has 3 rings (SSSR count). The topological polar surface area (TPSA) is 81.0 Å². The van der Waals surface area contributed by atoms with E-state index in [2.05, 4.69) is 10.4 Å². The fraction of sp³-hybridized carbons (Fsp3) is 0.211. The number of amidine groups is 2. The SMILES string of the molecule is CN(C(=N)Oc1cccc(C2=NCC(=O)N(CC(F)(F)F)N2)c1)c1ccccc1. The Balaban J connectivity index is 1.72. The predicted molar refractivity (Wildman–Crippen MR) is 102 cm³/mol. The van der Waals surface area contributed by atoms with E-state index in [0.29, 0.717) is 16.3 Å². The van der Waals surface area contributed by atoms with Crippen LogP contribution in [-0.2, 0) is 4.79 Å². The molecule has 29 heavy (non-hydrogen) atoms. The Hall–Kier alpha value is -3.56. The predicted octanol–water partition coefficient (Wildman–Crippen LogP) is 2.79. The smallest absolute Gasteiger partial charge is 0.408 e. The number of benzene rings is 2. The van der Waals surface area contributed by atoms with Crippen LogP contribution in [0.2, 0.25) is 0 Å². The van der Waals surface area contributed by atoms with E-state index in [9.17, 15) is 18.0 Å². The van der Waals surface area contributed by atoms with E-state index in [4.69, 9.17) is 10.1 Å². The number of nitrogens with zero attached hydrogens (tertiary/aromatic N) is 3. The lowest BCUT2D eigenvalue weighted by Crippen LogP contribution is -2.54. The Morgan fingerprint density at radius 2 is 1.97 bits per heavy atom. The number of aliphatic imine (C=N–C) groups is 1. The molecule has 2 aromatic rings. The molecule has 0 unspecified atom stereocenters. The number of hydrazine groups is 1. The van der Waals surface area contributed by atoms with Gasteiger partial charge in [0.05, 0.1) is 0 Å². The average molecular weight is 405 g/mol. The highest BCUT2D eigenvalue weighted by Gasteiger charge is 2.35. The molecule has 1 amide bonds. The van der Waals surface area contributed by atoms with Crippen LogP contribution in [-0.4, -0.2) is 49.1 Å². The molecular formula is C19H18F3N5O2. The highest BCUT2D eigenvalue weighted by atomic mass is 19.4. The van der Waals surface area contributed by atoms with Gasteiger partial charge in [0.15, 0.2) is 0 Å². The van der Waals surface area contributed by atoms with Gasteiger partial charge in [-0.15, -0.1) is 0 Å². The van der Waals surface area contributed by atoms with E-state index < -0.39 is 25.2 Å². The quantitative estimate of drug-likeness (QED) is 0.606. The van der Waals surface area contributed by atoms with Crippen LogP contribution < -0.4 is 15.1 Å². The number of rotatable bonds is 4. The molecule has 7 nitrogen and oxygen atoms in total. The molecule has 0 aromatic heterocycles.